The lowest BCUT2D eigenvalue weighted by atomic mass is 9.99. The molecule has 0 amide bonds. The second-order valence-corrected chi connectivity index (χ2v) is 6.07. The van der Waals surface area contributed by atoms with Gasteiger partial charge < -0.3 is 5.32 Å². The Morgan fingerprint density at radius 2 is 2.05 bits per heavy atom. The summed E-state index contributed by atoms with van der Waals surface area (Å²) in [5.41, 5.74) is 4.06. The van der Waals surface area contributed by atoms with Gasteiger partial charge >= 0.3 is 0 Å². The van der Waals surface area contributed by atoms with Crippen LogP contribution >= 0.6 is 11.3 Å². The molecule has 2 nitrogen and oxygen atoms in total. The van der Waals surface area contributed by atoms with Gasteiger partial charge in [0.2, 0.25) is 0 Å². The normalized spacial score (nSPS) is 12.6. The molecule has 0 spiro atoms. The molecule has 2 aromatic rings. The zero-order valence-electron chi connectivity index (χ0n) is 11.9. The number of rotatable bonds is 6. The summed E-state index contributed by atoms with van der Waals surface area (Å²) in [6, 6.07) is 9.15. The highest BCUT2D eigenvalue weighted by atomic mass is 32.1. The number of nitrogens with one attached hydrogen (secondary N) is 1. The van der Waals surface area contributed by atoms with Crippen molar-refractivity contribution in [3.8, 4) is 0 Å². The maximum absolute atomic E-state index is 4.55. The van der Waals surface area contributed by atoms with Crippen molar-refractivity contribution in [1.82, 2.24) is 10.3 Å². The topological polar surface area (TPSA) is 24.9 Å². The molecule has 1 unspecified atom stereocenters. The first kappa shape index (κ1) is 14.2. The maximum atomic E-state index is 4.55. The van der Waals surface area contributed by atoms with Crippen LogP contribution in [-0.2, 0) is 12.8 Å². The Morgan fingerprint density at radius 3 is 2.68 bits per heavy atom. The van der Waals surface area contributed by atoms with E-state index in [0.29, 0.717) is 6.04 Å². The monoisotopic (exact) mass is 274 g/mol. The average molecular weight is 274 g/mol. The number of aryl methyl sites for hydroxylation is 3. The lowest BCUT2D eigenvalue weighted by molar-refractivity contribution is 0.515. The Balaban J connectivity index is 1.91. The van der Waals surface area contributed by atoms with Crippen molar-refractivity contribution in [2.45, 2.75) is 39.2 Å². The van der Waals surface area contributed by atoms with Crippen molar-refractivity contribution >= 4 is 11.3 Å². The first-order chi connectivity index (χ1) is 9.19. The van der Waals surface area contributed by atoms with Crippen LogP contribution in [0.25, 0.3) is 0 Å². The molecule has 0 saturated carbocycles. The molecule has 1 N–H and O–H groups in total. The number of nitrogens with zero attached hydrogens (tertiary/aromatic N) is 1. The van der Waals surface area contributed by atoms with Crippen molar-refractivity contribution in [3.05, 3.63) is 51.5 Å². The quantitative estimate of drug-likeness (QED) is 0.871. The largest absolute Gasteiger partial charge is 0.317 e. The molecule has 0 fully saturated rings. The maximum Gasteiger partial charge on any atom is 0.0897 e. The Bertz CT molecular complexity index is 519. The van der Waals surface area contributed by atoms with Gasteiger partial charge in [-0.15, -0.1) is 11.3 Å². The Kier molecular flexibility index (Phi) is 5.11. The summed E-state index contributed by atoms with van der Waals surface area (Å²) < 4.78 is 0. The number of benzene rings is 1. The van der Waals surface area contributed by atoms with Crippen LogP contribution in [0, 0.1) is 13.8 Å². The van der Waals surface area contributed by atoms with E-state index in [1.807, 2.05) is 7.05 Å². The van der Waals surface area contributed by atoms with Crippen molar-refractivity contribution in [1.29, 1.82) is 0 Å². The molecule has 0 radical (unpaired) electrons. The molecule has 0 saturated heterocycles. The van der Waals surface area contributed by atoms with Gasteiger partial charge in [-0.3, -0.25) is 0 Å². The molecule has 1 heterocycles. The smallest absolute Gasteiger partial charge is 0.0897 e. The Morgan fingerprint density at radius 1 is 1.26 bits per heavy atom. The average Bonchev–Trinajstić information content (AvgIpc) is 2.81. The zero-order chi connectivity index (χ0) is 13.7. The lowest BCUT2D eigenvalue weighted by Crippen LogP contribution is -2.28. The summed E-state index contributed by atoms with van der Waals surface area (Å²) in [5, 5.41) is 6.74. The molecular weight excluding hydrogens is 252 g/mol. The van der Waals surface area contributed by atoms with Crippen LogP contribution in [0.15, 0.2) is 29.6 Å². The Hall–Kier alpha value is -1.19. The van der Waals surface area contributed by atoms with Gasteiger partial charge in [-0.05, 0) is 44.9 Å². The number of aromatic nitrogens is 1. The Labute approximate surface area is 119 Å². The van der Waals surface area contributed by atoms with Crippen molar-refractivity contribution in [2.24, 2.45) is 0 Å². The van der Waals surface area contributed by atoms with Crippen LogP contribution in [-0.4, -0.2) is 18.1 Å². The molecule has 1 aromatic carbocycles. The highest BCUT2D eigenvalue weighted by molar-refractivity contribution is 7.09. The first-order valence-electron chi connectivity index (χ1n) is 6.82. The minimum atomic E-state index is 0.501. The minimum absolute atomic E-state index is 0.501. The minimum Gasteiger partial charge on any atom is -0.317 e. The van der Waals surface area contributed by atoms with Crippen molar-refractivity contribution in [3.63, 3.8) is 0 Å². The summed E-state index contributed by atoms with van der Waals surface area (Å²) >= 11 is 1.73. The van der Waals surface area contributed by atoms with Gasteiger partial charge in [-0.1, -0.05) is 24.3 Å². The van der Waals surface area contributed by atoms with Crippen molar-refractivity contribution in [2.75, 3.05) is 7.05 Å². The molecule has 0 aliphatic heterocycles. The van der Waals surface area contributed by atoms with Gasteiger partial charge in [-0.25, -0.2) is 4.98 Å². The van der Waals surface area contributed by atoms with Gasteiger partial charge in [0, 0.05) is 17.8 Å². The van der Waals surface area contributed by atoms with Gasteiger partial charge in [-0.2, -0.15) is 0 Å². The highest BCUT2D eigenvalue weighted by Crippen LogP contribution is 2.14. The summed E-state index contributed by atoms with van der Waals surface area (Å²) in [7, 11) is 2.04. The number of likely N-dealkylation sites (N-methyl/N-ethyl adjacent to an activating group) is 1. The van der Waals surface area contributed by atoms with E-state index < -0.39 is 0 Å². The van der Waals surface area contributed by atoms with Crippen LogP contribution < -0.4 is 5.32 Å². The summed E-state index contributed by atoms with van der Waals surface area (Å²) in [6.45, 7) is 4.25. The van der Waals surface area contributed by atoms with Gasteiger partial charge in [0.1, 0.15) is 0 Å². The number of thiazole rings is 1. The SMILES string of the molecule is CNC(CCc1ccccc1C)Cc1csc(C)n1. The number of hydrogen-bond acceptors (Lipinski definition) is 3. The predicted molar refractivity (Wildman–Crippen MR) is 82.9 cm³/mol. The molecule has 0 aliphatic rings. The van der Waals surface area contributed by atoms with E-state index in [1.54, 1.807) is 11.3 Å². The van der Waals surface area contributed by atoms with Crippen LogP contribution in [0.2, 0.25) is 0 Å². The summed E-state index contributed by atoms with van der Waals surface area (Å²) in [4.78, 5) is 4.55. The van der Waals surface area contributed by atoms with E-state index in [1.165, 1.54) is 16.8 Å². The standard InChI is InChI=1S/C16H22N2S/c1-12-6-4-5-7-14(12)8-9-15(17-3)10-16-11-19-13(2)18-16/h4-7,11,15,17H,8-10H2,1-3H3. The molecule has 19 heavy (non-hydrogen) atoms. The van der Waals surface area contributed by atoms with Gasteiger partial charge in [0.25, 0.3) is 0 Å². The van der Waals surface area contributed by atoms with Crippen LogP contribution in [0.1, 0.15) is 28.2 Å². The van der Waals surface area contributed by atoms with Crippen LogP contribution in [0.3, 0.4) is 0 Å². The molecule has 2 rings (SSSR count). The molecule has 1 aromatic heterocycles. The van der Waals surface area contributed by atoms with E-state index in [2.05, 4.69) is 53.8 Å². The van der Waals surface area contributed by atoms with E-state index in [0.717, 1.165) is 24.3 Å². The fourth-order valence-corrected chi connectivity index (χ4v) is 2.95. The van der Waals surface area contributed by atoms with E-state index in [9.17, 15) is 0 Å². The fourth-order valence-electron chi connectivity index (χ4n) is 2.32. The van der Waals surface area contributed by atoms with Gasteiger partial charge in [0.15, 0.2) is 0 Å². The van der Waals surface area contributed by atoms with Crippen LogP contribution in [0.4, 0.5) is 0 Å². The molecule has 0 aliphatic carbocycles. The molecular formula is C16H22N2S. The number of hydrogen-bond donors (Lipinski definition) is 1. The second kappa shape index (κ2) is 6.83. The third-order valence-corrected chi connectivity index (χ3v) is 4.38. The zero-order valence-corrected chi connectivity index (χ0v) is 12.8. The summed E-state index contributed by atoms with van der Waals surface area (Å²) in [5.74, 6) is 0. The second-order valence-electron chi connectivity index (χ2n) is 5.01. The predicted octanol–water partition coefficient (Wildman–Crippen LogP) is 3.52. The van der Waals surface area contributed by atoms with Crippen molar-refractivity contribution < 1.29 is 0 Å². The van der Waals surface area contributed by atoms with E-state index in [4.69, 9.17) is 0 Å². The lowest BCUT2D eigenvalue weighted by Gasteiger charge is -2.15. The summed E-state index contributed by atoms with van der Waals surface area (Å²) in [6.07, 6.45) is 3.30. The first-order valence-corrected chi connectivity index (χ1v) is 7.69. The van der Waals surface area contributed by atoms with E-state index >= 15 is 0 Å². The third kappa shape index (κ3) is 4.15. The fraction of sp³-hybridized carbons (Fsp3) is 0.438. The molecule has 102 valence electrons. The third-order valence-electron chi connectivity index (χ3n) is 3.55. The van der Waals surface area contributed by atoms with Gasteiger partial charge in [0.05, 0.1) is 10.7 Å². The van der Waals surface area contributed by atoms with Crippen LogP contribution in [0.5, 0.6) is 0 Å². The van der Waals surface area contributed by atoms with E-state index in [-0.39, 0.29) is 0 Å². The molecule has 0 bridgehead atoms. The highest BCUT2D eigenvalue weighted by Gasteiger charge is 2.10. The molecule has 1 atom stereocenters. The molecule has 3 heteroatoms.